The van der Waals surface area contributed by atoms with Gasteiger partial charge in [-0.2, -0.15) is 10.4 Å². The van der Waals surface area contributed by atoms with Gasteiger partial charge < -0.3 is 5.11 Å². The Morgan fingerprint density at radius 3 is 2.58 bits per heavy atom. The lowest BCUT2D eigenvalue weighted by atomic mass is 10.2. The number of aliphatic imine (C=N–C) groups is 1. The molecule has 0 spiro atoms. The summed E-state index contributed by atoms with van der Waals surface area (Å²) in [6.07, 6.45) is 1.27. The molecule has 0 bridgehead atoms. The summed E-state index contributed by atoms with van der Waals surface area (Å²) in [6.45, 7) is 4.95. The predicted octanol–water partition coefficient (Wildman–Crippen LogP) is 3.23. The lowest BCUT2D eigenvalue weighted by Crippen LogP contribution is -2.04. The molecule has 1 N–H and O–H groups in total. The molecule has 1 heterocycles. The van der Waals surface area contributed by atoms with Crippen molar-refractivity contribution in [2.24, 2.45) is 4.99 Å². The molecule has 0 aliphatic carbocycles. The standard InChI is InChI=1S/C18H18N4O2/c1-12-16(9-19)18(20-10-17(13(2)23)14(3)24)22(21-12)11-15-7-5-4-6-8-15/h4-8,10,23H,11H2,1-3H3/b17-13-,20-10+. The number of nitrogens with zero attached hydrogens (tertiary/aromatic N) is 4. The summed E-state index contributed by atoms with van der Waals surface area (Å²) < 4.78 is 1.62. The monoisotopic (exact) mass is 322 g/mol. The summed E-state index contributed by atoms with van der Waals surface area (Å²) in [5, 5.41) is 23.3. The molecule has 1 aromatic carbocycles. The van der Waals surface area contributed by atoms with E-state index in [4.69, 9.17) is 0 Å². The number of aliphatic hydroxyl groups is 1. The number of benzene rings is 1. The number of carbonyl (C=O) groups is 1. The van der Waals surface area contributed by atoms with E-state index in [1.54, 1.807) is 11.6 Å². The van der Waals surface area contributed by atoms with Gasteiger partial charge in [-0.15, -0.1) is 0 Å². The second-order valence-electron chi connectivity index (χ2n) is 5.35. The molecule has 24 heavy (non-hydrogen) atoms. The smallest absolute Gasteiger partial charge is 0.169 e. The summed E-state index contributed by atoms with van der Waals surface area (Å²) in [5.74, 6) is -0.0578. The normalized spacial score (nSPS) is 12.1. The molecule has 1 aromatic heterocycles. The van der Waals surface area contributed by atoms with Gasteiger partial charge >= 0.3 is 0 Å². The number of allylic oxidation sites excluding steroid dienone is 2. The van der Waals surface area contributed by atoms with Crippen LogP contribution in [-0.2, 0) is 11.3 Å². The van der Waals surface area contributed by atoms with E-state index in [9.17, 15) is 15.2 Å². The van der Waals surface area contributed by atoms with Crippen molar-refractivity contribution in [2.45, 2.75) is 27.3 Å². The van der Waals surface area contributed by atoms with E-state index in [1.807, 2.05) is 30.3 Å². The molecule has 2 aromatic rings. The molecule has 6 heteroatoms. The number of nitriles is 1. The number of rotatable bonds is 5. The molecule has 0 aliphatic heterocycles. The number of hydrogen-bond donors (Lipinski definition) is 1. The number of aliphatic hydroxyl groups excluding tert-OH is 1. The molecule has 0 aliphatic rings. The molecule has 0 fully saturated rings. The van der Waals surface area contributed by atoms with Crippen molar-refractivity contribution in [2.75, 3.05) is 0 Å². The first-order valence-electron chi connectivity index (χ1n) is 7.40. The SMILES string of the molecule is CC(=O)C(/C=N/c1c(C#N)c(C)nn1Cc1ccccc1)=C(/C)O. The molecule has 0 amide bonds. The topological polar surface area (TPSA) is 91.3 Å². The average Bonchev–Trinajstić information content (AvgIpc) is 2.82. The fraction of sp³-hybridized carbons (Fsp3) is 0.222. The van der Waals surface area contributed by atoms with E-state index in [-0.39, 0.29) is 17.1 Å². The van der Waals surface area contributed by atoms with Crippen LogP contribution in [0.5, 0.6) is 0 Å². The van der Waals surface area contributed by atoms with Gasteiger partial charge in [-0.3, -0.25) is 4.79 Å². The van der Waals surface area contributed by atoms with Crippen LogP contribution in [-0.4, -0.2) is 26.9 Å². The maximum Gasteiger partial charge on any atom is 0.169 e. The highest BCUT2D eigenvalue weighted by Crippen LogP contribution is 2.23. The van der Waals surface area contributed by atoms with Gasteiger partial charge in [-0.1, -0.05) is 30.3 Å². The first kappa shape index (κ1) is 17.2. The fourth-order valence-electron chi connectivity index (χ4n) is 2.26. The Labute approximate surface area is 140 Å². The highest BCUT2D eigenvalue weighted by atomic mass is 16.3. The molecule has 0 saturated carbocycles. The minimum atomic E-state index is -0.303. The van der Waals surface area contributed by atoms with Crippen LogP contribution < -0.4 is 0 Å². The maximum absolute atomic E-state index is 11.5. The summed E-state index contributed by atoms with van der Waals surface area (Å²) >= 11 is 0. The van der Waals surface area contributed by atoms with Crippen LogP contribution in [0.3, 0.4) is 0 Å². The van der Waals surface area contributed by atoms with Crippen molar-refractivity contribution in [1.29, 1.82) is 5.26 Å². The zero-order valence-electron chi connectivity index (χ0n) is 13.8. The third kappa shape index (κ3) is 3.76. The van der Waals surface area contributed by atoms with E-state index >= 15 is 0 Å². The quantitative estimate of drug-likeness (QED) is 0.519. The second-order valence-corrected chi connectivity index (χ2v) is 5.35. The Morgan fingerprint density at radius 2 is 2.04 bits per heavy atom. The van der Waals surface area contributed by atoms with Gasteiger partial charge in [0.25, 0.3) is 0 Å². The van der Waals surface area contributed by atoms with E-state index in [0.29, 0.717) is 23.6 Å². The van der Waals surface area contributed by atoms with Crippen molar-refractivity contribution in [3.05, 3.63) is 58.5 Å². The van der Waals surface area contributed by atoms with Gasteiger partial charge in [-0.05, 0) is 26.3 Å². The van der Waals surface area contributed by atoms with E-state index < -0.39 is 0 Å². The van der Waals surface area contributed by atoms with Crippen molar-refractivity contribution in [3.8, 4) is 6.07 Å². The van der Waals surface area contributed by atoms with Crippen LogP contribution in [0.25, 0.3) is 0 Å². The number of carbonyl (C=O) groups excluding carboxylic acids is 1. The lowest BCUT2D eigenvalue weighted by molar-refractivity contribution is -0.113. The predicted molar refractivity (Wildman–Crippen MR) is 91.4 cm³/mol. The van der Waals surface area contributed by atoms with Crippen molar-refractivity contribution >= 4 is 17.8 Å². The maximum atomic E-state index is 11.5. The van der Waals surface area contributed by atoms with Crippen LogP contribution in [0.2, 0.25) is 0 Å². The molecule has 0 saturated heterocycles. The van der Waals surface area contributed by atoms with Gasteiger partial charge in [-0.25, -0.2) is 9.67 Å². The molecular weight excluding hydrogens is 304 g/mol. The van der Waals surface area contributed by atoms with Crippen LogP contribution in [0.1, 0.15) is 30.7 Å². The Morgan fingerprint density at radius 1 is 1.38 bits per heavy atom. The van der Waals surface area contributed by atoms with Gasteiger partial charge in [0, 0.05) is 6.21 Å². The summed E-state index contributed by atoms with van der Waals surface area (Å²) in [5.41, 5.74) is 2.03. The van der Waals surface area contributed by atoms with Crippen LogP contribution in [0.15, 0.2) is 46.7 Å². The van der Waals surface area contributed by atoms with Gasteiger partial charge in [0.05, 0.1) is 17.8 Å². The van der Waals surface area contributed by atoms with E-state index in [2.05, 4.69) is 16.2 Å². The van der Waals surface area contributed by atoms with Crippen LogP contribution >= 0.6 is 0 Å². The minimum absolute atomic E-state index is 0.101. The highest BCUT2D eigenvalue weighted by molar-refractivity contribution is 6.12. The summed E-state index contributed by atoms with van der Waals surface area (Å²) in [7, 11) is 0. The van der Waals surface area contributed by atoms with Crippen molar-refractivity contribution in [1.82, 2.24) is 9.78 Å². The van der Waals surface area contributed by atoms with Crippen LogP contribution in [0, 0.1) is 18.3 Å². The Balaban J connectivity index is 2.47. The highest BCUT2D eigenvalue weighted by Gasteiger charge is 2.15. The zero-order valence-corrected chi connectivity index (χ0v) is 13.8. The fourth-order valence-corrected chi connectivity index (χ4v) is 2.26. The number of Topliss-reactive ketones (excluding diaryl/α,β-unsaturated/α-hetero) is 1. The molecule has 2 rings (SSSR count). The Kier molecular flexibility index (Phi) is 5.27. The third-order valence-electron chi connectivity index (χ3n) is 3.47. The first-order valence-corrected chi connectivity index (χ1v) is 7.40. The van der Waals surface area contributed by atoms with Gasteiger partial charge in [0.2, 0.25) is 0 Å². The molecule has 6 nitrogen and oxygen atoms in total. The molecule has 0 atom stereocenters. The molecule has 122 valence electrons. The minimum Gasteiger partial charge on any atom is -0.512 e. The third-order valence-corrected chi connectivity index (χ3v) is 3.47. The summed E-state index contributed by atoms with van der Waals surface area (Å²) in [6, 6.07) is 11.8. The number of ketones is 1. The second kappa shape index (κ2) is 7.38. The lowest BCUT2D eigenvalue weighted by Gasteiger charge is -2.05. The molecular formula is C18H18N4O2. The van der Waals surface area contributed by atoms with Crippen molar-refractivity contribution < 1.29 is 9.90 Å². The van der Waals surface area contributed by atoms with Gasteiger partial charge in [0.15, 0.2) is 11.6 Å². The Hall–Kier alpha value is -3.20. The Bertz CT molecular complexity index is 851. The van der Waals surface area contributed by atoms with Gasteiger partial charge in [0.1, 0.15) is 17.4 Å². The summed E-state index contributed by atoms with van der Waals surface area (Å²) in [4.78, 5) is 15.8. The molecule has 0 unspecified atom stereocenters. The van der Waals surface area contributed by atoms with E-state index in [1.165, 1.54) is 20.1 Å². The van der Waals surface area contributed by atoms with Crippen molar-refractivity contribution in [3.63, 3.8) is 0 Å². The zero-order chi connectivity index (χ0) is 17.7. The number of aryl methyl sites for hydroxylation is 1. The number of hydrogen-bond acceptors (Lipinski definition) is 5. The molecule has 0 radical (unpaired) electrons. The van der Waals surface area contributed by atoms with Crippen LogP contribution in [0.4, 0.5) is 5.82 Å². The first-order chi connectivity index (χ1) is 11.4. The van der Waals surface area contributed by atoms with E-state index in [0.717, 1.165) is 5.56 Å². The average molecular weight is 322 g/mol. The number of aromatic nitrogens is 2. The largest absolute Gasteiger partial charge is 0.512 e.